The van der Waals surface area contributed by atoms with Crippen LogP contribution in [0.25, 0.3) is 0 Å². The molecule has 0 bridgehead atoms. The van der Waals surface area contributed by atoms with Gasteiger partial charge in [0.1, 0.15) is 0 Å². The fraction of sp³-hybridized carbons (Fsp3) is 0.385. The van der Waals surface area contributed by atoms with Crippen molar-refractivity contribution >= 4 is 33.6 Å². The third-order valence-corrected chi connectivity index (χ3v) is 3.73. The SMILES string of the molecule is O=C(O)C1CCN(C(=O)Nc2ccc(Br)cc2OC(F)(F)F)C1. The molecule has 1 saturated heterocycles. The molecule has 1 atom stereocenters. The van der Waals surface area contributed by atoms with Gasteiger partial charge in [0.05, 0.1) is 11.6 Å². The minimum absolute atomic E-state index is 0.00710. The summed E-state index contributed by atoms with van der Waals surface area (Å²) >= 11 is 3.02. The Morgan fingerprint density at radius 3 is 2.65 bits per heavy atom. The number of nitrogens with one attached hydrogen (secondary N) is 1. The van der Waals surface area contributed by atoms with Crippen LogP contribution in [0.1, 0.15) is 6.42 Å². The average molecular weight is 397 g/mol. The Bertz CT molecular complexity index is 624. The first-order valence-electron chi connectivity index (χ1n) is 6.50. The fourth-order valence-electron chi connectivity index (χ4n) is 2.15. The number of anilines is 1. The standard InChI is InChI=1S/C13H12BrF3N2O4/c14-8-1-2-9(10(5-8)23-13(15,16)17)18-12(22)19-4-3-7(6-19)11(20)21/h1-2,5,7H,3-4,6H2,(H,18,22)(H,20,21). The third kappa shape index (κ3) is 4.75. The number of carboxylic acids is 1. The van der Waals surface area contributed by atoms with E-state index in [1.54, 1.807) is 0 Å². The number of amides is 2. The Morgan fingerprint density at radius 2 is 2.09 bits per heavy atom. The van der Waals surface area contributed by atoms with Gasteiger partial charge in [-0.25, -0.2) is 4.79 Å². The summed E-state index contributed by atoms with van der Waals surface area (Å²) in [5.41, 5.74) is -0.158. The number of carboxylic acid groups (broad SMARTS) is 1. The van der Waals surface area contributed by atoms with Crippen molar-refractivity contribution in [2.24, 2.45) is 5.92 Å². The number of halogens is 4. The highest BCUT2D eigenvalue weighted by atomic mass is 79.9. The molecule has 2 rings (SSSR count). The summed E-state index contributed by atoms with van der Waals surface area (Å²) in [6, 6.07) is 3.10. The highest BCUT2D eigenvalue weighted by molar-refractivity contribution is 9.10. The molecule has 6 nitrogen and oxygen atoms in total. The quantitative estimate of drug-likeness (QED) is 0.821. The zero-order chi connectivity index (χ0) is 17.2. The number of likely N-dealkylation sites (tertiary alicyclic amines) is 1. The first-order chi connectivity index (χ1) is 10.7. The van der Waals surface area contributed by atoms with Crippen LogP contribution in [0.15, 0.2) is 22.7 Å². The van der Waals surface area contributed by atoms with Crippen LogP contribution in [0.3, 0.4) is 0 Å². The number of aliphatic carboxylic acids is 1. The number of benzene rings is 1. The molecule has 1 aromatic rings. The molecule has 1 aliphatic rings. The van der Waals surface area contributed by atoms with Crippen LogP contribution in [0.5, 0.6) is 5.75 Å². The minimum atomic E-state index is -4.90. The van der Waals surface area contributed by atoms with Crippen LogP contribution in [0.4, 0.5) is 23.7 Å². The molecule has 2 amide bonds. The van der Waals surface area contributed by atoms with Crippen molar-refractivity contribution in [2.45, 2.75) is 12.8 Å². The van der Waals surface area contributed by atoms with Gasteiger partial charge in [0.2, 0.25) is 0 Å². The van der Waals surface area contributed by atoms with Crippen molar-refractivity contribution < 1.29 is 32.6 Å². The summed E-state index contributed by atoms with van der Waals surface area (Å²) in [5, 5.41) is 11.2. The van der Waals surface area contributed by atoms with Gasteiger partial charge in [0.15, 0.2) is 5.75 Å². The monoisotopic (exact) mass is 396 g/mol. The summed E-state index contributed by atoms with van der Waals surface area (Å²) in [5.74, 6) is -2.24. The first kappa shape index (κ1) is 17.4. The van der Waals surface area contributed by atoms with Gasteiger partial charge in [-0.05, 0) is 24.6 Å². The van der Waals surface area contributed by atoms with E-state index in [-0.39, 0.29) is 18.8 Å². The number of nitrogens with zero attached hydrogens (tertiary/aromatic N) is 1. The van der Waals surface area contributed by atoms with Crippen LogP contribution in [-0.2, 0) is 4.79 Å². The Labute approximate surface area is 137 Å². The molecule has 1 heterocycles. The van der Waals surface area contributed by atoms with Gasteiger partial charge in [0, 0.05) is 17.6 Å². The largest absolute Gasteiger partial charge is 0.573 e. The Kier molecular flexibility index (Phi) is 5.03. The van der Waals surface area contributed by atoms with Gasteiger partial charge < -0.3 is 20.1 Å². The fourth-order valence-corrected chi connectivity index (χ4v) is 2.49. The topological polar surface area (TPSA) is 78.9 Å². The zero-order valence-electron chi connectivity index (χ0n) is 11.6. The van der Waals surface area contributed by atoms with E-state index >= 15 is 0 Å². The molecule has 0 saturated carbocycles. The van der Waals surface area contributed by atoms with Gasteiger partial charge >= 0.3 is 18.4 Å². The summed E-state index contributed by atoms with van der Waals surface area (Å²) in [6.45, 7) is 0.224. The number of alkyl halides is 3. The number of urea groups is 1. The number of carbonyl (C=O) groups excluding carboxylic acids is 1. The third-order valence-electron chi connectivity index (χ3n) is 3.24. The summed E-state index contributed by atoms with van der Waals surface area (Å²) < 4.78 is 41.4. The van der Waals surface area contributed by atoms with Crippen molar-refractivity contribution in [3.8, 4) is 5.75 Å². The van der Waals surface area contributed by atoms with E-state index in [2.05, 4.69) is 26.0 Å². The van der Waals surface area contributed by atoms with Gasteiger partial charge in [0.25, 0.3) is 0 Å². The lowest BCUT2D eigenvalue weighted by Gasteiger charge is -2.19. The molecule has 1 aromatic carbocycles. The number of rotatable bonds is 3. The Hall–Kier alpha value is -1.97. The van der Waals surface area contributed by atoms with E-state index in [1.165, 1.54) is 17.0 Å². The molecule has 0 aromatic heterocycles. The van der Waals surface area contributed by atoms with Crippen LogP contribution >= 0.6 is 15.9 Å². The first-order valence-corrected chi connectivity index (χ1v) is 7.29. The van der Waals surface area contributed by atoms with Gasteiger partial charge in [-0.15, -0.1) is 13.2 Å². The lowest BCUT2D eigenvalue weighted by molar-refractivity contribution is -0.274. The van der Waals surface area contributed by atoms with E-state index in [0.29, 0.717) is 10.9 Å². The Morgan fingerprint density at radius 1 is 1.39 bits per heavy atom. The van der Waals surface area contributed by atoms with Crippen LogP contribution < -0.4 is 10.1 Å². The highest BCUT2D eigenvalue weighted by Gasteiger charge is 2.34. The second kappa shape index (κ2) is 6.65. The predicted molar refractivity (Wildman–Crippen MR) is 77.2 cm³/mol. The lowest BCUT2D eigenvalue weighted by atomic mass is 10.1. The van der Waals surface area contributed by atoms with Crippen molar-refractivity contribution in [3.63, 3.8) is 0 Å². The maximum Gasteiger partial charge on any atom is 0.573 e. The highest BCUT2D eigenvalue weighted by Crippen LogP contribution is 2.33. The summed E-state index contributed by atoms with van der Waals surface area (Å²) in [4.78, 5) is 24.2. The van der Waals surface area contributed by atoms with Gasteiger partial charge in [-0.1, -0.05) is 15.9 Å². The average Bonchev–Trinajstić information content (AvgIpc) is 2.90. The molecule has 10 heteroatoms. The van der Waals surface area contributed by atoms with Crippen molar-refractivity contribution in [1.29, 1.82) is 0 Å². The molecule has 126 valence electrons. The number of hydrogen-bond acceptors (Lipinski definition) is 3. The molecule has 1 aliphatic heterocycles. The smallest absolute Gasteiger partial charge is 0.481 e. The molecule has 0 aliphatic carbocycles. The second-order valence-electron chi connectivity index (χ2n) is 4.89. The van der Waals surface area contributed by atoms with Gasteiger partial charge in [-0.2, -0.15) is 0 Å². The normalized spacial score (nSPS) is 17.9. The van der Waals surface area contributed by atoms with E-state index in [0.717, 1.165) is 6.07 Å². The second-order valence-corrected chi connectivity index (χ2v) is 5.80. The molecule has 1 fully saturated rings. The number of hydrogen-bond donors (Lipinski definition) is 2. The van der Waals surface area contributed by atoms with Gasteiger partial charge in [-0.3, -0.25) is 4.79 Å². The predicted octanol–water partition coefficient (Wildman–Crippen LogP) is 3.29. The molecule has 0 radical (unpaired) electrons. The van der Waals surface area contributed by atoms with Crippen LogP contribution in [0.2, 0.25) is 0 Å². The van der Waals surface area contributed by atoms with E-state index < -0.39 is 30.0 Å². The molecule has 1 unspecified atom stereocenters. The van der Waals surface area contributed by atoms with Crippen LogP contribution in [-0.4, -0.2) is 41.5 Å². The maximum absolute atomic E-state index is 12.4. The van der Waals surface area contributed by atoms with Crippen molar-refractivity contribution in [1.82, 2.24) is 4.90 Å². The van der Waals surface area contributed by atoms with E-state index in [1.807, 2.05) is 0 Å². The van der Waals surface area contributed by atoms with E-state index in [4.69, 9.17) is 5.11 Å². The molecule has 2 N–H and O–H groups in total. The van der Waals surface area contributed by atoms with Crippen LogP contribution in [0, 0.1) is 5.92 Å². The van der Waals surface area contributed by atoms with Crippen molar-refractivity contribution in [2.75, 3.05) is 18.4 Å². The summed E-state index contributed by atoms with van der Waals surface area (Å²) in [6.07, 6.45) is -4.60. The number of carbonyl (C=O) groups is 2. The van der Waals surface area contributed by atoms with Crippen molar-refractivity contribution in [3.05, 3.63) is 22.7 Å². The minimum Gasteiger partial charge on any atom is -0.481 e. The molecule has 0 spiro atoms. The number of ether oxygens (including phenoxy) is 1. The Balaban J connectivity index is 2.10. The lowest BCUT2D eigenvalue weighted by Crippen LogP contribution is -2.34. The zero-order valence-corrected chi connectivity index (χ0v) is 13.1. The van der Waals surface area contributed by atoms with E-state index in [9.17, 15) is 22.8 Å². The molecular weight excluding hydrogens is 385 g/mol. The maximum atomic E-state index is 12.4. The molecular formula is C13H12BrF3N2O4. The molecule has 23 heavy (non-hydrogen) atoms. The summed E-state index contributed by atoms with van der Waals surface area (Å²) in [7, 11) is 0.